The van der Waals surface area contributed by atoms with Crippen molar-refractivity contribution < 1.29 is 9.53 Å². The van der Waals surface area contributed by atoms with Gasteiger partial charge in [0.05, 0.1) is 7.11 Å². The number of aliphatic imine (C=N–C) groups is 1. The van der Waals surface area contributed by atoms with Gasteiger partial charge in [-0.15, -0.1) is 24.0 Å². The van der Waals surface area contributed by atoms with Crippen LogP contribution in [-0.4, -0.2) is 32.6 Å². The first-order chi connectivity index (χ1) is 14.1. The predicted molar refractivity (Wildman–Crippen MR) is 135 cm³/mol. The summed E-state index contributed by atoms with van der Waals surface area (Å²) in [4.78, 5) is 16.4. The smallest absolute Gasteiger partial charge is 0.227 e. The van der Waals surface area contributed by atoms with Crippen LogP contribution in [0.25, 0.3) is 0 Å². The van der Waals surface area contributed by atoms with E-state index in [9.17, 15) is 4.79 Å². The largest absolute Gasteiger partial charge is 0.496 e. The Bertz CT molecular complexity index is 826. The van der Waals surface area contributed by atoms with Crippen LogP contribution >= 0.6 is 24.0 Å². The Morgan fingerprint density at radius 3 is 2.60 bits per heavy atom. The van der Waals surface area contributed by atoms with E-state index < -0.39 is 0 Å². The Labute approximate surface area is 196 Å². The summed E-state index contributed by atoms with van der Waals surface area (Å²) in [5.74, 6) is 1.68. The molecule has 0 aliphatic carbocycles. The third-order valence-electron chi connectivity index (χ3n) is 4.82. The van der Waals surface area contributed by atoms with Gasteiger partial charge in [-0.1, -0.05) is 44.2 Å². The number of halogens is 1. The average molecular weight is 524 g/mol. The van der Waals surface area contributed by atoms with E-state index >= 15 is 0 Å². The molecule has 2 rings (SSSR count). The van der Waals surface area contributed by atoms with Crippen molar-refractivity contribution in [3.63, 3.8) is 0 Å². The van der Waals surface area contributed by atoms with Gasteiger partial charge >= 0.3 is 0 Å². The second kappa shape index (κ2) is 13.8. The third kappa shape index (κ3) is 8.22. The SMILES string of the molecule is CCC(C)C(=O)Nc1cccc(CNC(=NC)NCCc2ccccc2OC)c1.I. The van der Waals surface area contributed by atoms with Gasteiger partial charge in [0.15, 0.2) is 5.96 Å². The van der Waals surface area contributed by atoms with Gasteiger partial charge in [0, 0.05) is 31.7 Å². The first-order valence-corrected chi connectivity index (χ1v) is 10.0. The van der Waals surface area contributed by atoms with Crippen LogP contribution < -0.4 is 20.7 Å². The molecule has 2 aromatic rings. The van der Waals surface area contributed by atoms with Gasteiger partial charge < -0.3 is 20.7 Å². The summed E-state index contributed by atoms with van der Waals surface area (Å²) >= 11 is 0. The second-order valence-corrected chi connectivity index (χ2v) is 6.91. The third-order valence-corrected chi connectivity index (χ3v) is 4.82. The maximum atomic E-state index is 12.1. The number of para-hydroxylation sites is 1. The molecule has 0 saturated carbocycles. The molecule has 164 valence electrons. The van der Waals surface area contributed by atoms with Crippen LogP contribution in [0.3, 0.4) is 0 Å². The molecule has 2 aromatic carbocycles. The number of guanidine groups is 1. The number of anilines is 1. The molecule has 7 heteroatoms. The molecular formula is C23H33IN4O2. The second-order valence-electron chi connectivity index (χ2n) is 6.91. The Morgan fingerprint density at radius 2 is 1.90 bits per heavy atom. The van der Waals surface area contributed by atoms with Crippen molar-refractivity contribution in [3.05, 3.63) is 59.7 Å². The van der Waals surface area contributed by atoms with E-state index in [-0.39, 0.29) is 35.8 Å². The van der Waals surface area contributed by atoms with E-state index in [0.29, 0.717) is 6.54 Å². The van der Waals surface area contributed by atoms with Crippen LogP contribution in [0.4, 0.5) is 5.69 Å². The molecule has 0 aromatic heterocycles. The molecule has 3 N–H and O–H groups in total. The number of hydrogen-bond donors (Lipinski definition) is 3. The zero-order chi connectivity index (χ0) is 21.1. The minimum Gasteiger partial charge on any atom is -0.496 e. The lowest BCUT2D eigenvalue weighted by Gasteiger charge is -2.14. The van der Waals surface area contributed by atoms with Gasteiger partial charge in [0.25, 0.3) is 0 Å². The van der Waals surface area contributed by atoms with Gasteiger partial charge in [0.1, 0.15) is 5.75 Å². The molecule has 0 aliphatic heterocycles. The van der Waals surface area contributed by atoms with E-state index in [1.807, 2.05) is 56.3 Å². The number of benzene rings is 2. The quantitative estimate of drug-likeness (QED) is 0.261. The average Bonchev–Trinajstić information content (AvgIpc) is 2.76. The highest BCUT2D eigenvalue weighted by molar-refractivity contribution is 14.0. The molecule has 0 saturated heterocycles. The molecule has 0 radical (unpaired) electrons. The molecule has 1 atom stereocenters. The highest BCUT2D eigenvalue weighted by Crippen LogP contribution is 2.17. The van der Waals surface area contributed by atoms with Crippen LogP contribution in [0, 0.1) is 5.92 Å². The fraction of sp³-hybridized carbons (Fsp3) is 0.391. The number of nitrogens with zero attached hydrogens (tertiary/aromatic N) is 1. The van der Waals surface area contributed by atoms with Crippen LogP contribution in [-0.2, 0) is 17.8 Å². The van der Waals surface area contributed by atoms with E-state index in [2.05, 4.69) is 27.0 Å². The highest BCUT2D eigenvalue weighted by atomic mass is 127. The van der Waals surface area contributed by atoms with Crippen molar-refractivity contribution >= 4 is 41.5 Å². The van der Waals surface area contributed by atoms with Crippen molar-refractivity contribution in [3.8, 4) is 5.75 Å². The fourth-order valence-corrected chi connectivity index (χ4v) is 2.84. The van der Waals surface area contributed by atoms with Crippen LogP contribution in [0.1, 0.15) is 31.4 Å². The molecule has 0 bridgehead atoms. The Balaban J connectivity index is 0.00000450. The van der Waals surface area contributed by atoms with Crippen molar-refractivity contribution in [1.29, 1.82) is 0 Å². The summed E-state index contributed by atoms with van der Waals surface area (Å²) in [6, 6.07) is 15.9. The zero-order valence-corrected chi connectivity index (χ0v) is 20.5. The number of carbonyl (C=O) groups excluding carboxylic acids is 1. The number of rotatable bonds is 9. The molecule has 0 fully saturated rings. The first-order valence-electron chi connectivity index (χ1n) is 10.0. The normalized spacial score (nSPS) is 11.8. The standard InChI is InChI=1S/C23H32N4O2.HI/c1-5-17(2)22(28)27-20-11-8-9-18(15-20)16-26-23(24-3)25-14-13-19-10-6-7-12-21(19)29-4;/h6-12,15,17H,5,13-14,16H2,1-4H3,(H,27,28)(H2,24,25,26);1H. The van der Waals surface area contributed by atoms with Crippen LogP contribution in [0.2, 0.25) is 0 Å². The molecule has 6 nitrogen and oxygen atoms in total. The van der Waals surface area contributed by atoms with Gasteiger partial charge in [0.2, 0.25) is 5.91 Å². The van der Waals surface area contributed by atoms with E-state index in [4.69, 9.17) is 4.74 Å². The number of ether oxygens (including phenoxy) is 1. The number of carbonyl (C=O) groups is 1. The van der Waals surface area contributed by atoms with Crippen molar-refractivity contribution in [2.24, 2.45) is 10.9 Å². The lowest BCUT2D eigenvalue weighted by atomic mass is 10.1. The Kier molecular flexibility index (Phi) is 11.9. The van der Waals surface area contributed by atoms with E-state index in [0.717, 1.165) is 47.9 Å². The van der Waals surface area contributed by atoms with Crippen LogP contribution in [0.5, 0.6) is 5.75 Å². The topological polar surface area (TPSA) is 74.8 Å². The molecule has 30 heavy (non-hydrogen) atoms. The van der Waals surface area contributed by atoms with Crippen molar-refractivity contribution in [2.45, 2.75) is 33.2 Å². The predicted octanol–water partition coefficient (Wildman–Crippen LogP) is 4.21. The number of methoxy groups -OCH3 is 1. The molecule has 1 amide bonds. The van der Waals surface area contributed by atoms with E-state index in [1.54, 1.807) is 14.2 Å². The van der Waals surface area contributed by atoms with Crippen LogP contribution in [0.15, 0.2) is 53.5 Å². The number of nitrogens with one attached hydrogen (secondary N) is 3. The van der Waals surface area contributed by atoms with E-state index in [1.165, 1.54) is 0 Å². The molecule has 0 aliphatic rings. The van der Waals surface area contributed by atoms with Gasteiger partial charge in [-0.3, -0.25) is 9.79 Å². The minimum atomic E-state index is 0. The van der Waals surface area contributed by atoms with Gasteiger partial charge in [-0.25, -0.2) is 0 Å². The summed E-state index contributed by atoms with van der Waals surface area (Å²) in [6.45, 7) is 5.30. The minimum absolute atomic E-state index is 0. The summed E-state index contributed by atoms with van der Waals surface area (Å²) in [5.41, 5.74) is 3.04. The van der Waals surface area contributed by atoms with Gasteiger partial charge in [-0.2, -0.15) is 0 Å². The number of hydrogen-bond acceptors (Lipinski definition) is 3. The number of amides is 1. The maximum Gasteiger partial charge on any atom is 0.227 e. The molecule has 0 heterocycles. The highest BCUT2D eigenvalue weighted by Gasteiger charge is 2.10. The lowest BCUT2D eigenvalue weighted by Crippen LogP contribution is -2.37. The summed E-state index contributed by atoms with van der Waals surface area (Å²) < 4.78 is 5.39. The molecular weight excluding hydrogens is 491 g/mol. The fourth-order valence-electron chi connectivity index (χ4n) is 2.84. The molecule has 1 unspecified atom stereocenters. The lowest BCUT2D eigenvalue weighted by molar-refractivity contribution is -0.119. The van der Waals surface area contributed by atoms with Crippen molar-refractivity contribution in [1.82, 2.24) is 10.6 Å². The summed E-state index contributed by atoms with van der Waals surface area (Å²) in [7, 11) is 3.44. The monoisotopic (exact) mass is 524 g/mol. The van der Waals surface area contributed by atoms with Crippen molar-refractivity contribution in [2.75, 3.05) is 26.0 Å². The van der Waals surface area contributed by atoms with Gasteiger partial charge in [-0.05, 0) is 42.2 Å². The maximum absolute atomic E-state index is 12.1. The zero-order valence-electron chi connectivity index (χ0n) is 18.2. The summed E-state index contributed by atoms with van der Waals surface area (Å²) in [5, 5.41) is 9.61. The molecule has 0 spiro atoms. The Morgan fingerprint density at radius 1 is 1.13 bits per heavy atom. The Hall–Kier alpha value is -2.29. The first kappa shape index (κ1) is 25.7. The summed E-state index contributed by atoms with van der Waals surface area (Å²) in [6.07, 6.45) is 1.66.